The normalized spacial score (nSPS) is 24.4. The molecule has 0 bridgehead atoms. The van der Waals surface area contributed by atoms with E-state index < -0.39 is 0 Å². The minimum absolute atomic E-state index is 0.131. The van der Waals surface area contributed by atoms with E-state index in [1.807, 2.05) is 6.07 Å². The van der Waals surface area contributed by atoms with Crippen LogP contribution in [0.2, 0.25) is 0 Å². The molecule has 1 atom stereocenters. The summed E-state index contributed by atoms with van der Waals surface area (Å²) < 4.78 is 13.3. The quantitative estimate of drug-likeness (QED) is 0.913. The third-order valence-electron chi connectivity index (χ3n) is 4.44. The maximum atomic E-state index is 6.27. The van der Waals surface area contributed by atoms with Crippen molar-refractivity contribution in [3.63, 3.8) is 0 Å². The average molecular weight is 340 g/mol. The minimum atomic E-state index is 0.131. The van der Waals surface area contributed by atoms with Crippen molar-refractivity contribution in [3.8, 4) is 5.75 Å². The van der Waals surface area contributed by atoms with Gasteiger partial charge >= 0.3 is 0 Å². The Labute approximate surface area is 129 Å². The Hall–Kier alpha value is -0.580. The van der Waals surface area contributed by atoms with Crippen molar-refractivity contribution in [3.05, 3.63) is 28.2 Å². The summed E-state index contributed by atoms with van der Waals surface area (Å²) in [5.41, 5.74) is 7.02. The molecule has 1 spiro atoms. The molecule has 0 amide bonds. The molecular weight excluding hydrogens is 318 g/mol. The van der Waals surface area contributed by atoms with Gasteiger partial charge in [0.25, 0.3) is 0 Å². The van der Waals surface area contributed by atoms with Crippen LogP contribution in [0.3, 0.4) is 0 Å². The fourth-order valence-corrected chi connectivity index (χ4v) is 3.60. The third kappa shape index (κ3) is 3.02. The lowest BCUT2D eigenvalue weighted by molar-refractivity contribution is -0.153. The van der Waals surface area contributed by atoms with Crippen LogP contribution in [0.5, 0.6) is 5.75 Å². The zero-order valence-corrected chi connectivity index (χ0v) is 13.3. The van der Waals surface area contributed by atoms with Crippen molar-refractivity contribution >= 4 is 15.9 Å². The molecule has 1 saturated carbocycles. The first-order chi connectivity index (χ1) is 9.71. The molecule has 1 aliphatic carbocycles. The van der Waals surface area contributed by atoms with Crippen molar-refractivity contribution in [1.82, 2.24) is 0 Å². The predicted octanol–water partition coefficient (Wildman–Crippen LogP) is 3.43. The molecule has 1 saturated heterocycles. The van der Waals surface area contributed by atoms with Crippen LogP contribution in [0, 0.1) is 0 Å². The molecule has 1 aromatic rings. The van der Waals surface area contributed by atoms with Gasteiger partial charge in [-0.1, -0.05) is 15.9 Å². The molecule has 0 aromatic heterocycles. The topological polar surface area (TPSA) is 44.5 Å². The molecular formula is C16H22BrNO2. The predicted molar refractivity (Wildman–Crippen MR) is 83.1 cm³/mol. The van der Waals surface area contributed by atoms with Crippen molar-refractivity contribution in [1.29, 1.82) is 0 Å². The maximum absolute atomic E-state index is 6.27. The summed E-state index contributed by atoms with van der Waals surface area (Å²) in [6.07, 6.45) is 6.84. The minimum Gasteiger partial charge on any atom is -0.490 e. The highest BCUT2D eigenvalue weighted by molar-refractivity contribution is 9.10. The second-order valence-corrected chi connectivity index (χ2v) is 6.82. The van der Waals surface area contributed by atoms with Crippen LogP contribution < -0.4 is 10.5 Å². The summed E-state index contributed by atoms with van der Waals surface area (Å²) >= 11 is 3.51. The molecule has 2 aliphatic rings. The van der Waals surface area contributed by atoms with E-state index in [2.05, 4.69) is 28.1 Å². The Morgan fingerprint density at radius 1 is 1.40 bits per heavy atom. The summed E-state index contributed by atoms with van der Waals surface area (Å²) in [6.45, 7) is 1.47. The summed E-state index contributed by atoms with van der Waals surface area (Å²) in [4.78, 5) is 0. The highest BCUT2D eigenvalue weighted by Crippen LogP contribution is 2.43. The van der Waals surface area contributed by atoms with Crippen LogP contribution in [0.4, 0.5) is 0 Å². The van der Waals surface area contributed by atoms with E-state index in [9.17, 15) is 0 Å². The monoisotopic (exact) mass is 339 g/mol. The SMILES string of the molecule is NCCc1cc(Br)ccc1OC1CCOC2(CCC2)C1. The lowest BCUT2D eigenvalue weighted by atomic mass is 9.74. The third-order valence-corrected chi connectivity index (χ3v) is 4.94. The molecule has 0 radical (unpaired) electrons. The van der Waals surface area contributed by atoms with Gasteiger partial charge in [0.1, 0.15) is 11.9 Å². The number of halogens is 1. The lowest BCUT2D eigenvalue weighted by Gasteiger charge is -2.47. The van der Waals surface area contributed by atoms with E-state index >= 15 is 0 Å². The molecule has 1 heterocycles. The van der Waals surface area contributed by atoms with E-state index in [1.54, 1.807) is 0 Å². The Balaban J connectivity index is 1.70. The van der Waals surface area contributed by atoms with Crippen LogP contribution in [0.25, 0.3) is 0 Å². The Morgan fingerprint density at radius 2 is 2.25 bits per heavy atom. The van der Waals surface area contributed by atoms with Gasteiger partial charge in [-0.05, 0) is 56.0 Å². The van der Waals surface area contributed by atoms with E-state index in [4.69, 9.17) is 15.2 Å². The van der Waals surface area contributed by atoms with Gasteiger partial charge in [-0.15, -0.1) is 0 Å². The first kappa shape index (κ1) is 14.4. The Kier molecular flexibility index (Phi) is 4.34. The molecule has 1 unspecified atom stereocenters. The van der Waals surface area contributed by atoms with Crippen LogP contribution in [-0.4, -0.2) is 24.9 Å². The van der Waals surface area contributed by atoms with Gasteiger partial charge in [0, 0.05) is 17.3 Å². The van der Waals surface area contributed by atoms with Crippen LogP contribution in [-0.2, 0) is 11.2 Å². The van der Waals surface area contributed by atoms with Gasteiger partial charge in [-0.2, -0.15) is 0 Å². The molecule has 4 heteroatoms. The van der Waals surface area contributed by atoms with Gasteiger partial charge in [-0.25, -0.2) is 0 Å². The summed E-state index contributed by atoms with van der Waals surface area (Å²) in [5.74, 6) is 0.986. The van der Waals surface area contributed by atoms with E-state index in [0.717, 1.165) is 36.1 Å². The number of rotatable bonds is 4. The highest BCUT2D eigenvalue weighted by Gasteiger charge is 2.43. The Bertz CT molecular complexity index is 474. The van der Waals surface area contributed by atoms with E-state index in [-0.39, 0.29) is 11.7 Å². The smallest absolute Gasteiger partial charge is 0.123 e. The van der Waals surface area contributed by atoms with Gasteiger partial charge in [-0.3, -0.25) is 0 Å². The largest absolute Gasteiger partial charge is 0.490 e. The summed E-state index contributed by atoms with van der Waals surface area (Å²) in [7, 11) is 0. The van der Waals surface area contributed by atoms with Crippen LogP contribution in [0.15, 0.2) is 22.7 Å². The number of benzene rings is 1. The van der Waals surface area contributed by atoms with Gasteiger partial charge in [0.05, 0.1) is 12.2 Å². The first-order valence-electron chi connectivity index (χ1n) is 7.50. The van der Waals surface area contributed by atoms with Gasteiger partial charge in [0.2, 0.25) is 0 Å². The molecule has 110 valence electrons. The number of nitrogens with two attached hydrogens (primary N) is 1. The fourth-order valence-electron chi connectivity index (χ4n) is 3.20. The molecule has 3 nitrogen and oxygen atoms in total. The second kappa shape index (κ2) is 6.04. The molecule has 2 fully saturated rings. The van der Waals surface area contributed by atoms with Crippen molar-refractivity contribution in [2.45, 2.75) is 50.2 Å². The van der Waals surface area contributed by atoms with Gasteiger partial charge in [0.15, 0.2) is 0 Å². The van der Waals surface area contributed by atoms with Gasteiger partial charge < -0.3 is 15.2 Å². The molecule has 3 rings (SSSR count). The van der Waals surface area contributed by atoms with Crippen molar-refractivity contribution < 1.29 is 9.47 Å². The van der Waals surface area contributed by atoms with Crippen molar-refractivity contribution in [2.75, 3.05) is 13.2 Å². The standard InChI is InChI=1S/C16H22BrNO2/c17-13-2-3-15(12(10-13)4-8-18)20-14-5-9-19-16(11-14)6-1-7-16/h2-3,10,14H,1,4-9,11,18H2. The van der Waals surface area contributed by atoms with Crippen LogP contribution in [0.1, 0.15) is 37.7 Å². The number of ether oxygens (including phenoxy) is 2. The number of hydrogen-bond donors (Lipinski definition) is 1. The second-order valence-electron chi connectivity index (χ2n) is 5.91. The fraction of sp³-hybridized carbons (Fsp3) is 0.625. The molecule has 1 aromatic carbocycles. The van der Waals surface area contributed by atoms with E-state index in [0.29, 0.717) is 6.54 Å². The van der Waals surface area contributed by atoms with Crippen molar-refractivity contribution in [2.24, 2.45) is 5.73 Å². The summed E-state index contributed by atoms with van der Waals surface area (Å²) in [6, 6.07) is 6.20. The number of hydrogen-bond acceptors (Lipinski definition) is 3. The highest BCUT2D eigenvalue weighted by atomic mass is 79.9. The zero-order valence-electron chi connectivity index (χ0n) is 11.7. The lowest BCUT2D eigenvalue weighted by Crippen LogP contribution is -2.48. The van der Waals surface area contributed by atoms with Crippen LogP contribution >= 0.6 is 15.9 Å². The van der Waals surface area contributed by atoms with E-state index in [1.165, 1.54) is 24.8 Å². The zero-order chi connectivity index (χ0) is 14.0. The molecule has 1 aliphatic heterocycles. The average Bonchev–Trinajstić information content (AvgIpc) is 2.41. The Morgan fingerprint density at radius 3 is 2.95 bits per heavy atom. The molecule has 20 heavy (non-hydrogen) atoms. The first-order valence-corrected chi connectivity index (χ1v) is 8.29. The summed E-state index contributed by atoms with van der Waals surface area (Å²) in [5, 5.41) is 0. The maximum Gasteiger partial charge on any atom is 0.123 e. The molecule has 2 N–H and O–H groups in total.